The fraction of sp³-hybridized carbons (Fsp3) is 0.357. The molecule has 0 radical (unpaired) electrons. The van der Waals surface area contributed by atoms with Gasteiger partial charge in [-0.25, -0.2) is 0 Å². The summed E-state index contributed by atoms with van der Waals surface area (Å²) in [6.45, 7) is 1.75. The van der Waals surface area contributed by atoms with Crippen molar-refractivity contribution in [2.24, 2.45) is 7.05 Å². The lowest BCUT2D eigenvalue weighted by atomic mass is 10.2. The van der Waals surface area contributed by atoms with Crippen LogP contribution in [0, 0.1) is 0 Å². The van der Waals surface area contributed by atoms with E-state index in [4.69, 9.17) is 9.26 Å². The van der Waals surface area contributed by atoms with E-state index in [1.54, 1.807) is 7.05 Å². The van der Waals surface area contributed by atoms with Crippen molar-refractivity contribution in [2.75, 3.05) is 24.6 Å². The molecule has 0 N–H and O–H groups in total. The standard InChI is InChI=1S/C14H15N7O2/c1-20-17-13(16-19-20)11-9-21(7-8-22-11)14-15-12(18-23-14)10-5-3-2-4-6-10/h2-6,11H,7-9H2,1H3. The second kappa shape index (κ2) is 5.76. The van der Waals surface area contributed by atoms with Crippen molar-refractivity contribution in [3.05, 3.63) is 36.2 Å². The zero-order valence-electron chi connectivity index (χ0n) is 12.5. The minimum absolute atomic E-state index is 0.260. The Balaban J connectivity index is 1.53. The van der Waals surface area contributed by atoms with E-state index in [2.05, 4.69) is 25.6 Å². The third-order valence-electron chi connectivity index (χ3n) is 3.60. The lowest BCUT2D eigenvalue weighted by Crippen LogP contribution is -2.39. The average Bonchev–Trinajstić information content (AvgIpc) is 3.25. The van der Waals surface area contributed by atoms with Gasteiger partial charge in [0.15, 0.2) is 0 Å². The fourth-order valence-electron chi connectivity index (χ4n) is 2.46. The number of aromatic nitrogens is 6. The Morgan fingerprint density at radius 3 is 2.87 bits per heavy atom. The van der Waals surface area contributed by atoms with Gasteiger partial charge in [-0.3, -0.25) is 0 Å². The Labute approximate surface area is 131 Å². The first-order valence-corrected chi connectivity index (χ1v) is 7.29. The monoisotopic (exact) mass is 313 g/mol. The highest BCUT2D eigenvalue weighted by Gasteiger charge is 2.28. The largest absolute Gasteiger partial charge is 0.366 e. The Morgan fingerprint density at radius 2 is 2.09 bits per heavy atom. The minimum atomic E-state index is -0.260. The first-order chi connectivity index (χ1) is 11.3. The van der Waals surface area contributed by atoms with Gasteiger partial charge in [0.25, 0.3) is 0 Å². The molecule has 1 aliphatic rings. The van der Waals surface area contributed by atoms with Gasteiger partial charge in [0, 0.05) is 12.1 Å². The predicted octanol–water partition coefficient (Wildman–Crippen LogP) is 0.838. The lowest BCUT2D eigenvalue weighted by molar-refractivity contribution is 0.0318. The van der Waals surface area contributed by atoms with E-state index in [1.165, 1.54) is 4.80 Å². The minimum Gasteiger partial charge on any atom is -0.366 e. The number of hydrogen-bond acceptors (Lipinski definition) is 8. The van der Waals surface area contributed by atoms with Gasteiger partial charge in [0.2, 0.25) is 11.6 Å². The Morgan fingerprint density at radius 1 is 1.22 bits per heavy atom. The highest BCUT2D eigenvalue weighted by Crippen LogP contribution is 2.24. The molecule has 1 saturated heterocycles. The van der Waals surface area contributed by atoms with Crippen LogP contribution in [0.5, 0.6) is 0 Å². The van der Waals surface area contributed by atoms with Crippen LogP contribution in [0.4, 0.5) is 6.01 Å². The Kier molecular flexibility index (Phi) is 3.46. The normalized spacial score (nSPS) is 18.3. The summed E-state index contributed by atoms with van der Waals surface area (Å²) in [5.41, 5.74) is 0.919. The van der Waals surface area contributed by atoms with Gasteiger partial charge in [-0.1, -0.05) is 35.5 Å². The third kappa shape index (κ3) is 2.78. The lowest BCUT2D eigenvalue weighted by Gasteiger charge is -2.29. The average molecular weight is 313 g/mol. The van der Waals surface area contributed by atoms with E-state index in [1.807, 2.05) is 35.2 Å². The fourth-order valence-corrected chi connectivity index (χ4v) is 2.46. The molecule has 0 saturated carbocycles. The first-order valence-electron chi connectivity index (χ1n) is 7.29. The molecule has 1 aliphatic heterocycles. The zero-order chi connectivity index (χ0) is 15.6. The topological polar surface area (TPSA) is 95.0 Å². The summed E-state index contributed by atoms with van der Waals surface area (Å²) in [4.78, 5) is 7.86. The second-order valence-electron chi connectivity index (χ2n) is 5.21. The van der Waals surface area contributed by atoms with Crippen LogP contribution in [-0.4, -0.2) is 50.0 Å². The molecule has 23 heavy (non-hydrogen) atoms. The van der Waals surface area contributed by atoms with E-state index in [0.717, 1.165) is 5.56 Å². The summed E-state index contributed by atoms with van der Waals surface area (Å²) in [5, 5.41) is 16.1. The van der Waals surface area contributed by atoms with Crippen molar-refractivity contribution in [3.8, 4) is 11.4 Å². The van der Waals surface area contributed by atoms with Crippen LogP contribution in [0.3, 0.4) is 0 Å². The quantitative estimate of drug-likeness (QED) is 0.702. The molecule has 0 aliphatic carbocycles. The third-order valence-corrected chi connectivity index (χ3v) is 3.60. The van der Waals surface area contributed by atoms with E-state index >= 15 is 0 Å². The summed E-state index contributed by atoms with van der Waals surface area (Å²) in [7, 11) is 1.72. The number of nitrogens with zero attached hydrogens (tertiary/aromatic N) is 7. The number of morpholine rings is 1. The van der Waals surface area contributed by atoms with Crippen LogP contribution in [0.25, 0.3) is 11.4 Å². The summed E-state index contributed by atoms with van der Waals surface area (Å²) in [5.74, 6) is 1.13. The van der Waals surface area contributed by atoms with Crippen LogP contribution in [0.15, 0.2) is 34.9 Å². The van der Waals surface area contributed by atoms with Crippen LogP contribution >= 0.6 is 0 Å². The molecule has 0 amide bonds. The zero-order valence-corrected chi connectivity index (χ0v) is 12.5. The van der Waals surface area contributed by atoms with Gasteiger partial charge in [0.1, 0.15) is 6.10 Å². The van der Waals surface area contributed by atoms with E-state index in [0.29, 0.717) is 37.4 Å². The summed E-state index contributed by atoms with van der Waals surface area (Å²) in [6, 6.07) is 10.2. The van der Waals surface area contributed by atoms with Crippen molar-refractivity contribution in [3.63, 3.8) is 0 Å². The molecular weight excluding hydrogens is 298 g/mol. The summed E-state index contributed by atoms with van der Waals surface area (Å²) < 4.78 is 11.1. The second-order valence-corrected chi connectivity index (χ2v) is 5.21. The van der Waals surface area contributed by atoms with Gasteiger partial charge in [0.05, 0.1) is 20.2 Å². The maximum Gasteiger partial charge on any atom is 0.324 e. The highest BCUT2D eigenvalue weighted by atomic mass is 16.5. The van der Waals surface area contributed by atoms with E-state index in [-0.39, 0.29) is 6.10 Å². The molecule has 1 aromatic carbocycles. The molecule has 0 spiro atoms. The molecule has 1 unspecified atom stereocenters. The van der Waals surface area contributed by atoms with Gasteiger partial charge in [-0.2, -0.15) is 9.78 Å². The number of aryl methyl sites for hydroxylation is 1. The first kappa shape index (κ1) is 13.8. The number of anilines is 1. The molecule has 1 fully saturated rings. The molecule has 9 heteroatoms. The smallest absolute Gasteiger partial charge is 0.324 e. The molecule has 118 valence electrons. The maximum absolute atomic E-state index is 5.71. The highest BCUT2D eigenvalue weighted by molar-refractivity contribution is 5.55. The van der Waals surface area contributed by atoms with Crippen LogP contribution in [0.1, 0.15) is 11.9 Å². The molecule has 1 atom stereocenters. The van der Waals surface area contributed by atoms with Crippen LogP contribution in [0.2, 0.25) is 0 Å². The van der Waals surface area contributed by atoms with Crippen molar-refractivity contribution in [2.45, 2.75) is 6.10 Å². The van der Waals surface area contributed by atoms with Crippen LogP contribution in [-0.2, 0) is 11.8 Å². The number of ether oxygens (including phenoxy) is 1. The number of hydrogen-bond donors (Lipinski definition) is 0. The summed E-state index contributed by atoms with van der Waals surface area (Å²) >= 11 is 0. The van der Waals surface area contributed by atoms with Crippen molar-refractivity contribution in [1.29, 1.82) is 0 Å². The van der Waals surface area contributed by atoms with Crippen molar-refractivity contribution < 1.29 is 9.26 Å². The number of rotatable bonds is 3. The van der Waals surface area contributed by atoms with Gasteiger partial charge in [-0.15, -0.1) is 10.2 Å². The maximum atomic E-state index is 5.71. The Hall–Kier alpha value is -2.81. The Bertz CT molecular complexity index is 785. The molecular formula is C14H15N7O2. The van der Waals surface area contributed by atoms with Crippen LogP contribution < -0.4 is 4.90 Å². The van der Waals surface area contributed by atoms with Crippen molar-refractivity contribution in [1.82, 2.24) is 30.3 Å². The SMILES string of the molecule is Cn1nnc(C2CN(c3nc(-c4ccccc4)no3)CCO2)n1. The number of tetrazole rings is 1. The molecule has 4 rings (SSSR count). The molecule has 2 aromatic heterocycles. The van der Waals surface area contributed by atoms with E-state index in [9.17, 15) is 0 Å². The summed E-state index contributed by atoms with van der Waals surface area (Å²) in [6.07, 6.45) is -0.260. The molecule has 9 nitrogen and oxygen atoms in total. The van der Waals surface area contributed by atoms with Gasteiger partial charge >= 0.3 is 6.01 Å². The number of benzene rings is 1. The molecule has 3 aromatic rings. The van der Waals surface area contributed by atoms with E-state index < -0.39 is 0 Å². The molecule has 3 heterocycles. The van der Waals surface area contributed by atoms with Gasteiger partial charge in [-0.05, 0) is 5.21 Å². The predicted molar refractivity (Wildman–Crippen MR) is 79.4 cm³/mol. The van der Waals surface area contributed by atoms with Crippen molar-refractivity contribution >= 4 is 6.01 Å². The van der Waals surface area contributed by atoms with Gasteiger partial charge < -0.3 is 14.2 Å². The molecule has 0 bridgehead atoms.